The first-order valence-corrected chi connectivity index (χ1v) is 10.2. The smallest absolute Gasteiger partial charge is 0.191 e. The molecule has 1 aromatic heterocycles. The highest BCUT2D eigenvalue weighted by Gasteiger charge is 2.14. The van der Waals surface area contributed by atoms with Gasteiger partial charge in [0.25, 0.3) is 0 Å². The highest BCUT2D eigenvalue weighted by molar-refractivity contribution is 7.99. The van der Waals surface area contributed by atoms with Crippen LogP contribution in [-0.4, -0.2) is 41.6 Å². The Morgan fingerprint density at radius 3 is 3.12 bits per heavy atom. The summed E-state index contributed by atoms with van der Waals surface area (Å²) < 4.78 is 0. The van der Waals surface area contributed by atoms with Crippen molar-refractivity contribution in [2.24, 2.45) is 4.99 Å². The summed E-state index contributed by atoms with van der Waals surface area (Å²) in [6.07, 6.45) is 6.83. The molecule has 0 saturated carbocycles. The number of aliphatic imine (C=N–C) groups is 1. The Labute approximate surface area is 148 Å². The lowest BCUT2D eigenvalue weighted by atomic mass is 10.1. The lowest BCUT2D eigenvalue weighted by Crippen LogP contribution is -2.45. The summed E-state index contributed by atoms with van der Waals surface area (Å²) in [5.41, 5.74) is 2.61. The van der Waals surface area contributed by atoms with Gasteiger partial charge in [-0.25, -0.2) is 0 Å². The summed E-state index contributed by atoms with van der Waals surface area (Å²) in [7, 11) is 0. The number of aromatic nitrogens is 1. The molecule has 5 heteroatoms. The van der Waals surface area contributed by atoms with Crippen LogP contribution in [0.15, 0.2) is 35.5 Å². The van der Waals surface area contributed by atoms with Crippen molar-refractivity contribution in [2.75, 3.05) is 24.6 Å². The number of aryl methyl sites for hydroxylation is 1. The fraction of sp³-hybridized carbons (Fsp3) is 0.526. The predicted octanol–water partition coefficient (Wildman–Crippen LogP) is 3.55. The van der Waals surface area contributed by atoms with Gasteiger partial charge in [0.15, 0.2) is 5.96 Å². The van der Waals surface area contributed by atoms with Gasteiger partial charge >= 0.3 is 0 Å². The quantitative estimate of drug-likeness (QED) is 0.427. The normalized spacial score (nSPS) is 18.7. The molecule has 1 aliphatic rings. The van der Waals surface area contributed by atoms with Crippen LogP contribution in [0.5, 0.6) is 0 Å². The van der Waals surface area contributed by atoms with Gasteiger partial charge < -0.3 is 15.6 Å². The van der Waals surface area contributed by atoms with Crippen LogP contribution in [0.1, 0.15) is 31.7 Å². The van der Waals surface area contributed by atoms with Crippen molar-refractivity contribution < 1.29 is 0 Å². The van der Waals surface area contributed by atoms with E-state index in [0.717, 1.165) is 31.9 Å². The molecule has 1 fully saturated rings. The first kappa shape index (κ1) is 17.2. The Bertz CT molecular complexity index is 658. The number of guanidine groups is 1. The highest BCUT2D eigenvalue weighted by Crippen LogP contribution is 2.19. The molecule has 4 nitrogen and oxygen atoms in total. The molecule has 24 heavy (non-hydrogen) atoms. The number of fused-ring (bicyclic) bond motifs is 1. The molecule has 2 heterocycles. The molecule has 0 spiro atoms. The van der Waals surface area contributed by atoms with Crippen LogP contribution in [-0.2, 0) is 6.42 Å². The number of para-hydroxylation sites is 1. The van der Waals surface area contributed by atoms with E-state index >= 15 is 0 Å². The molecule has 1 unspecified atom stereocenters. The minimum Gasteiger partial charge on any atom is -0.361 e. The monoisotopic (exact) mass is 344 g/mol. The van der Waals surface area contributed by atoms with Gasteiger partial charge in [0.1, 0.15) is 0 Å². The third-order valence-corrected chi connectivity index (χ3v) is 5.61. The maximum atomic E-state index is 4.76. The van der Waals surface area contributed by atoms with Crippen LogP contribution in [0.4, 0.5) is 0 Å². The van der Waals surface area contributed by atoms with Crippen LogP contribution in [0.2, 0.25) is 0 Å². The molecule has 2 aromatic rings. The Hall–Kier alpha value is -1.62. The van der Waals surface area contributed by atoms with Gasteiger partial charge in [-0.2, -0.15) is 11.8 Å². The Morgan fingerprint density at radius 1 is 1.38 bits per heavy atom. The third-order valence-electron chi connectivity index (χ3n) is 4.39. The van der Waals surface area contributed by atoms with Crippen molar-refractivity contribution in [1.29, 1.82) is 0 Å². The van der Waals surface area contributed by atoms with Gasteiger partial charge in [-0.1, -0.05) is 18.2 Å². The van der Waals surface area contributed by atoms with Crippen LogP contribution >= 0.6 is 11.8 Å². The fourth-order valence-electron chi connectivity index (χ4n) is 3.17. The summed E-state index contributed by atoms with van der Waals surface area (Å²) in [4.78, 5) is 8.11. The summed E-state index contributed by atoms with van der Waals surface area (Å²) in [6.45, 7) is 3.89. The summed E-state index contributed by atoms with van der Waals surface area (Å²) >= 11 is 2.04. The van der Waals surface area contributed by atoms with Crippen molar-refractivity contribution in [3.05, 3.63) is 36.0 Å². The van der Waals surface area contributed by atoms with E-state index in [9.17, 15) is 0 Å². The molecule has 130 valence electrons. The van der Waals surface area contributed by atoms with Crippen molar-refractivity contribution >= 4 is 28.6 Å². The number of aromatic amines is 1. The van der Waals surface area contributed by atoms with Crippen LogP contribution in [0.3, 0.4) is 0 Å². The molecular weight excluding hydrogens is 316 g/mol. The lowest BCUT2D eigenvalue weighted by Gasteiger charge is -2.24. The van der Waals surface area contributed by atoms with Crippen molar-refractivity contribution in [3.63, 3.8) is 0 Å². The second kappa shape index (κ2) is 9.02. The number of thioether (sulfide) groups is 1. The lowest BCUT2D eigenvalue weighted by molar-refractivity contribution is 0.582. The maximum Gasteiger partial charge on any atom is 0.191 e. The number of nitrogens with zero attached hydrogens (tertiary/aromatic N) is 1. The first-order valence-electron chi connectivity index (χ1n) is 9.04. The van der Waals surface area contributed by atoms with Gasteiger partial charge in [0.05, 0.1) is 0 Å². The summed E-state index contributed by atoms with van der Waals surface area (Å²) in [5.74, 6) is 3.47. The van der Waals surface area contributed by atoms with E-state index in [1.54, 1.807) is 0 Å². The molecule has 3 N–H and O–H groups in total. The van der Waals surface area contributed by atoms with Crippen molar-refractivity contribution in [1.82, 2.24) is 15.6 Å². The number of hydrogen-bond donors (Lipinski definition) is 3. The average molecular weight is 345 g/mol. The zero-order valence-electron chi connectivity index (χ0n) is 14.5. The van der Waals surface area contributed by atoms with Gasteiger partial charge in [-0.05, 0) is 50.0 Å². The summed E-state index contributed by atoms with van der Waals surface area (Å²) in [6, 6.07) is 9.07. The van der Waals surface area contributed by atoms with E-state index in [0.29, 0.717) is 6.04 Å². The van der Waals surface area contributed by atoms with E-state index in [1.807, 2.05) is 11.8 Å². The average Bonchev–Trinajstić information content (AvgIpc) is 3.03. The largest absolute Gasteiger partial charge is 0.361 e. The topological polar surface area (TPSA) is 52.2 Å². The second-order valence-electron chi connectivity index (χ2n) is 6.28. The van der Waals surface area contributed by atoms with E-state index in [1.165, 1.54) is 40.8 Å². The Morgan fingerprint density at radius 2 is 2.29 bits per heavy atom. The maximum absolute atomic E-state index is 4.76. The third kappa shape index (κ3) is 4.69. The van der Waals surface area contributed by atoms with E-state index in [2.05, 4.69) is 53.0 Å². The minimum absolute atomic E-state index is 0.565. The molecule has 1 atom stereocenters. The van der Waals surface area contributed by atoms with Crippen LogP contribution < -0.4 is 10.6 Å². The van der Waals surface area contributed by atoms with Crippen molar-refractivity contribution in [2.45, 2.75) is 38.6 Å². The molecule has 1 aliphatic heterocycles. The molecule has 0 aliphatic carbocycles. The molecule has 0 bridgehead atoms. The SMILES string of the molecule is CCNC(=NCCCc1c[nH]c2ccccc12)NC1CCCSC1. The first-order chi connectivity index (χ1) is 11.9. The van der Waals surface area contributed by atoms with Gasteiger partial charge in [-0.15, -0.1) is 0 Å². The van der Waals surface area contributed by atoms with E-state index in [4.69, 9.17) is 4.99 Å². The molecule has 0 radical (unpaired) electrons. The van der Waals surface area contributed by atoms with E-state index in [-0.39, 0.29) is 0 Å². The number of H-pyrrole nitrogens is 1. The summed E-state index contributed by atoms with van der Waals surface area (Å²) in [5, 5.41) is 8.31. The number of hydrogen-bond acceptors (Lipinski definition) is 2. The second-order valence-corrected chi connectivity index (χ2v) is 7.43. The molecule has 1 aromatic carbocycles. The standard InChI is InChI=1S/C19H28N4S/c1-2-20-19(23-16-8-6-12-24-14-16)21-11-5-7-15-13-22-18-10-4-3-9-17(15)18/h3-4,9-10,13,16,22H,2,5-8,11-12,14H2,1H3,(H2,20,21,23). The van der Waals surface area contributed by atoms with Crippen LogP contribution in [0, 0.1) is 0 Å². The van der Waals surface area contributed by atoms with Gasteiger partial charge in [-0.3, -0.25) is 4.99 Å². The zero-order chi connectivity index (χ0) is 16.6. The number of nitrogens with one attached hydrogen (secondary N) is 3. The number of benzene rings is 1. The van der Waals surface area contributed by atoms with Gasteiger partial charge in [0.2, 0.25) is 0 Å². The zero-order valence-corrected chi connectivity index (χ0v) is 15.3. The minimum atomic E-state index is 0.565. The Kier molecular flexibility index (Phi) is 6.47. The fourth-order valence-corrected chi connectivity index (χ4v) is 4.24. The molecule has 1 saturated heterocycles. The highest BCUT2D eigenvalue weighted by atomic mass is 32.2. The number of rotatable bonds is 6. The molecule has 3 rings (SSSR count). The van der Waals surface area contributed by atoms with Gasteiger partial charge in [0, 0.05) is 42.0 Å². The van der Waals surface area contributed by atoms with Crippen molar-refractivity contribution in [3.8, 4) is 0 Å². The van der Waals surface area contributed by atoms with Crippen LogP contribution in [0.25, 0.3) is 10.9 Å². The predicted molar refractivity (Wildman–Crippen MR) is 106 cm³/mol. The molecular formula is C19H28N4S. The van der Waals surface area contributed by atoms with E-state index < -0.39 is 0 Å². The molecule has 0 amide bonds. The Balaban J connectivity index is 1.50.